The second kappa shape index (κ2) is 7.80. The molecule has 6 heteroatoms. The second-order valence-corrected chi connectivity index (χ2v) is 7.89. The summed E-state index contributed by atoms with van der Waals surface area (Å²) in [4.78, 5) is 21.9. The molecule has 2 saturated heterocycles. The number of nitrogens with zero attached hydrogens (tertiary/aromatic N) is 5. The molecule has 1 amide bonds. The SMILES string of the molecule is Cc1cc(-c2cnn(C)c2)cc([C@@H]2CCCN2CC(=O)N2CCCCC2)n1. The lowest BCUT2D eigenvalue weighted by Gasteiger charge is -2.30. The molecule has 6 nitrogen and oxygen atoms in total. The van der Waals surface area contributed by atoms with Gasteiger partial charge < -0.3 is 4.90 Å². The van der Waals surface area contributed by atoms with Crippen molar-refractivity contribution >= 4 is 5.91 Å². The molecule has 144 valence electrons. The van der Waals surface area contributed by atoms with Crippen LogP contribution in [0.25, 0.3) is 11.1 Å². The molecule has 0 radical (unpaired) electrons. The third-order valence-electron chi connectivity index (χ3n) is 5.76. The lowest BCUT2D eigenvalue weighted by Crippen LogP contribution is -2.42. The fraction of sp³-hybridized carbons (Fsp3) is 0.571. The first-order valence-corrected chi connectivity index (χ1v) is 10.1. The quantitative estimate of drug-likeness (QED) is 0.834. The highest BCUT2D eigenvalue weighted by Gasteiger charge is 2.30. The maximum Gasteiger partial charge on any atom is 0.236 e. The fourth-order valence-electron chi connectivity index (χ4n) is 4.37. The van der Waals surface area contributed by atoms with E-state index >= 15 is 0 Å². The summed E-state index contributed by atoms with van der Waals surface area (Å²) in [6.07, 6.45) is 9.65. The van der Waals surface area contributed by atoms with Crippen molar-refractivity contribution in [3.05, 3.63) is 35.9 Å². The van der Waals surface area contributed by atoms with Gasteiger partial charge in [-0.05, 0) is 63.3 Å². The van der Waals surface area contributed by atoms with Crippen molar-refractivity contribution in [1.82, 2.24) is 24.6 Å². The van der Waals surface area contributed by atoms with Gasteiger partial charge in [-0.1, -0.05) is 0 Å². The summed E-state index contributed by atoms with van der Waals surface area (Å²) in [5, 5.41) is 4.29. The molecule has 4 heterocycles. The highest BCUT2D eigenvalue weighted by Crippen LogP contribution is 2.33. The minimum atomic E-state index is 0.231. The van der Waals surface area contributed by atoms with Crippen molar-refractivity contribution in [3.63, 3.8) is 0 Å². The summed E-state index contributed by atoms with van der Waals surface area (Å²) in [6, 6.07) is 4.52. The Bertz CT molecular complexity index is 809. The maximum atomic E-state index is 12.7. The Balaban J connectivity index is 1.53. The second-order valence-electron chi connectivity index (χ2n) is 7.89. The standard InChI is InChI=1S/C21H29N5O/c1-16-11-17(18-13-22-24(2)14-18)12-19(23-16)20-7-6-10-26(20)15-21(27)25-8-4-3-5-9-25/h11-14,20H,3-10,15H2,1-2H3/t20-/m0/s1. The van der Waals surface area contributed by atoms with Gasteiger partial charge in [-0.3, -0.25) is 19.4 Å². The van der Waals surface area contributed by atoms with Crippen LogP contribution in [0.15, 0.2) is 24.5 Å². The van der Waals surface area contributed by atoms with E-state index in [9.17, 15) is 4.79 Å². The summed E-state index contributed by atoms with van der Waals surface area (Å²) in [6.45, 7) is 5.38. The Hall–Kier alpha value is -2.21. The predicted molar refractivity (Wildman–Crippen MR) is 105 cm³/mol. The van der Waals surface area contributed by atoms with Crippen LogP contribution in [-0.2, 0) is 11.8 Å². The van der Waals surface area contributed by atoms with Crippen LogP contribution >= 0.6 is 0 Å². The summed E-state index contributed by atoms with van der Waals surface area (Å²) in [7, 11) is 1.93. The molecule has 2 aromatic rings. The van der Waals surface area contributed by atoms with Gasteiger partial charge >= 0.3 is 0 Å². The molecule has 0 unspecified atom stereocenters. The van der Waals surface area contributed by atoms with Gasteiger partial charge in [-0.25, -0.2) is 0 Å². The van der Waals surface area contributed by atoms with E-state index in [4.69, 9.17) is 4.98 Å². The number of pyridine rings is 1. The van der Waals surface area contributed by atoms with Crippen molar-refractivity contribution in [2.45, 2.75) is 45.1 Å². The fourth-order valence-corrected chi connectivity index (χ4v) is 4.37. The number of hydrogen-bond acceptors (Lipinski definition) is 4. The van der Waals surface area contributed by atoms with Gasteiger partial charge in [0.15, 0.2) is 0 Å². The lowest BCUT2D eigenvalue weighted by molar-refractivity contribution is -0.133. The largest absolute Gasteiger partial charge is 0.342 e. The third-order valence-corrected chi connectivity index (χ3v) is 5.76. The van der Waals surface area contributed by atoms with Crippen LogP contribution < -0.4 is 0 Å². The van der Waals surface area contributed by atoms with E-state index in [-0.39, 0.29) is 11.9 Å². The molecule has 27 heavy (non-hydrogen) atoms. The molecule has 0 spiro atoms. The van der Waals surface area contributed by atoms with Crippen LogP contribution in [0, 0.1) is 6.92 Å². The number of amides is 1. The lowest BCUT2D eigenvalue weighted by atomic mass is 10.0. The number of aryl methyl sites for hydroxylation is 2. The number of piperidine rings is 1. The van der Waals surface area contributed by atoms with Gasteiger partial charge in [-0.15, -0.1) is 0 Å². The molecule has 0 bridgehead atoms. The number of carbonyl (C=O) groups is 1. The van der Waals surface area contributed by atoms with Crippen molar-refractivity contribution in [2.24, 2.45) is 7.05 Å². The first kappa shape index (κ1) is 18.2. The van der Waals surface area contributed by atoms with Crippen LogP contribution in [0.5, 0.6) is 0 Å². The van der Waals surface area contributed by atoms with Gasteiger partial charge in [-0.2, -0.15) is 5.10 Å². The van der Waals surface area contributed by atoms with Crippen LogP contribution in [0.3, 0.4) is 0 Å². The average molecular weight is 367 g/mol. The van der Waals surface area contributed by atoms with Crippen LogP contribution in [0.4, 0.5) is 0 Å². The number of aromatic nitrogens is 3. The first-order chi connectivity index (χ1) is 13.1. The molecule has 4 rings (SSSR count). The number of likely N-dealkylation sites (tertiary alicyclic amines) is 2. The van der Waals surface area contributed by atoms with E-state index in [0.29, 0.717) is 6.54 Å². The predicted octanol–water partition coefficient (Wildman–Crippen LogP) is 2.94. The maximum absolute atomic E-state index is 12.7. The summed E-state index contributed by atoms with van der Waals surface area (Å²) >= 11 is 0. The highest BCUT2D eigenvalue weighted by molar-refractivity contribution is 5.78. The van der Waals surface area contributed by atoms with E-state index in [1.165, 1.54) is 6.42 Å². The van der Waals surface area contributed by atoms with Gasteiger partial charge in [0, 0.05) is 37.6 Å². The number of rotatable bonds is 4. The van der Waals surface area contributed by atoms with Gasteiger partial charge in [0.25, 0.3) is 0 Å². The molecular formula is C21H29N5O. The highest BCUT2D eigenvalue weighted by atomic mass is 16.2. The Morgan fingerprint density at radius 1 is 1.11 bits per heavy atom. The zero-order valence-corrected chi connectivity index (χ0v) is 16.4. The van der Waals surface area contributed by atoms with Crippen LogP contribution in [0.1, 0.15) is 49.5 Å². The molecule has 1 atom stereocenters. The summed E-state index contributed by atoms with van der Waals surface area (Å²) < 4.78 is 1.82. The van der Waals surface area contributed by atoms with Crippen molar-refractivity contribution in [2.75, 3.05) is 26.2 Å². The zero-order chi connectivity index (χ0) is 18.8. The van der Waals surface area contributed by atoms with E-state index in [1.54, 1.807) is 0 Å². The summed E-state index contributed by atoms with van der Waals surface area (Å²) in [5.74, 6) is 0.279. The van der Waals surface area contributed by atoms with E-state index < -0.39 is 0 Å². The molecule has 2 aliphatic heterocycles. The van der Waals surface area contributed by atoms with Crippen molar-refractivity contribution < 1.29 is 4.79 Å². The Kier molecular flexibility index (Phi) is 5.25. The molecule has 2 fully saturated rings. The van der Waals surface area contributed by atoms with Crippen LogP contribution in [-0.4, -0.2) is 56.7 Å². The van der Waals surface area contributed by atoms with E-state index in [0.717, 1.165) is 67.8 Å². The van der Waals surface area contributed by atoms with Crippen molar-refractivity contribution in [3.8, 4) is 11.1 Å². The normalized spacial score (nSPS) is 21.0. The van der Waals surface area contributed by atoms with Crippen LogP contribution in [0.2, 0.25) is 0 Å². The average Bonchev–Trinajstić information content (AvgIpc) is 3.31. The Labute approximate surface area is 161 Å². The molecule has 2 aromatic heterocycles. The Morgan fingerprint density at radius 2 is 1.93 bits per heavy atom. The van der Waals surface area contributed by atoms with Gasteiger partial charge in [0.2, 0.25) is 5.91 Å². The first-order valence-electron chi connectivity index (χ1n) is 10.1. The van der Waals surface area contributed by atoms with Gasteiger partial charge in [0.1, 0.15) is 0 Å². The molecule has 0 saturated carbocycles. The van der Waals surface area contributed by atoms with Gasteiger partial charge in [0.05, 0.1) is 24.5 Å². The zero-order valence-electron chi connectivity index (χ0n) is 16.4. The van der Waals surface area contributed by atoms with E-state index in [1.807, 2.05) is 35.9 Å². The van der Waals surface area contributed by atoms with Crippen molar-refractivity contribution in [1.29, 1.82) is 0 Å². The topological polar surface area (TPSA) is 54.3 Å². The monoisotopic (exact) mass is 367 g/mol. The molecule has 0 aliphatic carbocycles. The minimum absolute atomic E-state index is 0.231. The Morgan fingerprint density at radius 3 is 2.67 bits per heavy atom. The number of hydrogen-bond donors (Lipinski definition) is 0. The smallest absolute Gasteiger partial charge is 0.236 e. The molecular weight excluding hydrogens is 338 g/mol. The third kappa shape index (κ3) is 4.05. The van der Waals surface area contributed by atoms with E-state index in [2.05, 4.69) is 22.1 Å². The molecule has 0 N–H and O–H groups in total. The number of carbonyl (C=O) groups excluding carboxylic acids is 1. The molecule has 0 aromatic carbocycles. The summed E-state index contributed by atoms with van der Waals surface area (Å²) in [5.41, 5.74) is 4.36. The minimum Gasteiger partial charge on any atom is -0.342 e. The molecule has 2 aliphatic rings.